The van der Waals surface area contributed by atoms with Crippen molar-refractivity contribution in [1.29, 1.82) is 0 Å². The van der Waals surface area contributed by atoms with Crippen LogP contribution < -0.4 is 21.1 Å². The van der Waals surface area contributed by atoms with Gasteiger partial charge in [0, 0.05) is 37.4 Å². The fourth-order valence-corrected chi connectivity index (χ4v) is 6.30. The molecule has 1 saturated carbocycles. The van der Waals surface area contributed by atoms with Crippen LogP contribution in [0.2, 0.25) is 0 Å². The normalized spacial score (nSPS) is 20.7. The Hall–Kier alpha value is -4.07. The van der Waals surface area contributed by atoms with Crippen molar-refractivity contribution in [1.82, 2.24) is 19.6 Å². The van der Waals surface area contributed by atoms with Crippen LogP contribution in [0.15, 0.2) is 60.3 Å². The van der Waals surface area contributed by atoms with E-state index in [0.29, 0.717) is 37.5 Å². The predicted molar refractivity (Wildman–Crippen MR) is 155 cm³/mol. The molecule has 2 aliphatic heterocycles. The zero-order chi connectivity index (χ0) is 30.5. The van der Waals surface area contributed by atoms with Crippen molar-refractivity contribution in [2.45, 2.75) is 43.9 Å². The van der Waals surface area contributed by atoms with E-state index in [1.165, 1.54) is 20.2 Å². The lowest BCUT2D eigenvalue weighted by molar-refractivity contribution is -0.0752. The Kier molecular flexibility index (Phi) is 7.35. The van der Waals surface area contributed by atoms with Crippen LogP contribution in [0.3, 0.4) is 0 Å². The standard InChI is InChI=1S/C30H34F3N7O3/c1-18-24(19-3-9-22(43-2)10-4-19)37-26-23(17-35-40(26)25(18)30(31,32)33)27(41)38-13-15-39(16-14-38)29(11-12-29)20-5-7-21(8-6-20)36-28(34)42/h3-10,17,24,28,36-37,42H,11-16,34H2,1-2H3. The van der Waals surface area contributed by atoms with Gasteiger partial charge in [0.1, 0.15) is 22.8 Å². The van der Waals surface area contributed by atoms with E-state index in [1.807, 2.05) is 24.3 Å². The van der Waals surface area contributed by atoms with Crippen molar-refractivity contribution in [3.05, 3.63) is 77.0 Å². The molecule has 0 spiro atoms. The largest absolute Gasteiger partial charge is 0.497 e. The van der Waals surface area contributed by atoms with Crippen molar-refractivity contribution >= 4 is 23.1 Å². The monoisotopic (exact) mass is 597 g/mol. The number of ether oxygens (including phenoxy) is 1. The number of rotatable bonds is 7. The van der Waals surface area contributed by atoms with Crippen LogP contribution in [-0.2, 0) is 5.54 Å². The van der Waals surface area contributed by atoms with E-state index in [2.05, 4.69) is 20.6 Å². The van der Waals surface area contributed by atoms with E-state index in [1.54, 1.807) is 29.2 Å². The first kappa shape index (κ1) is 29.0. The number of aromatic nitrogens is 2. The summed E-state index contributed by atoms with van der Waals surface area (Å²) < 4.78 is 49.0. The molecule has 2 aromatic carbocycles. The Morgan fingerprint density at radius 3 is 2.33 bits per heavy atom. The number of hydrogen-bond donors (Lipinski definition) is 4. The molecule has 1 aliphatic carbocycles. The van der Waals surface area contributed by atoms with Crippen LogP contribution in [0.5, 0.6) is 5.75 Å². The van der Waals surface area contributed by atoms with Crippen LogP contribution in [-0.4, -0.2) is 76.4 Å². The molecule has 2 unspecified atom stereocenters. The van der Waals surface area contributed by atoms with E-state index in [4.69, 9.17) is 10.5 Å². The first-order valence-electron chi connectivity index (χ1n) is 14.1. The molecule has 2 fully saturated rings. The number of methoxy groups -OCH3 is 1. The third-order valence-corrected chi connectivity index (χ3v) is 8.65. The number of anilines is 2. The molecule has 3 heterocycles. The van der Waals surface area contributed by atoms with Gasteiger partial charge >= 0.3 is 6.18 Å². The molecule has 1 aromatic heterocycles. The summed E-state index contributed by atoms with van der Waals surface area (Å²) in [6.45, 7) is 3.56. The quantitative estimate of drug-likeness (QED) is 0.303. The van der Waals surface area contributed by atoms with Gasteiger partial charge in [-0.25, -0.2) is 4.68 Å². The Morgan fingerprint density at radius 1 is 1.12 bits per heavy atom. The third-order valence-electron chi connectivity index (χ3n) is 8.65. The summed E-state index contributed by atoms with van der Waals surface area (Å²) >= 11 is 0. The number of nitrogens with one attached hydrogen (secondary N) is 2. The highest BCUT2D eigenvalue weighted by atomic mass is 19.4. The van der Waals surface area contributed by atoms with Gasteiger partial charge in [-0.3, -0.25) is 15.4 Å². The first-order valence-corrected chi connectivity index (χ1v) is 14.1. The molecule has 1 saturated heterocycles. The highest BCUT2D eigenvalue weighted by Gasteiger charge is 2.50. The van der Waals surface area contributed by atoms with Gasteiger partial charge in [0.15, 0.2) is 6.35 Å². The predicted octanol–water partition coefficient (Wildman–Crippen LogP) is 3.95. The Balaban J connectivity index is 1.20. The number of nitrogens with zero attached hydrogens (tertiary/aromatic N) is 4. The number of aliphatic hydroxyl groups is 1. The molecule has 0 bridgehead atoms. The number of carbonyl (C=O) groups excluding carboxylic acids is 1. The molecule has 5 N–H and O–H groups in total. The van der Waals surface area contributed by atoms with E-state index in [9.17, 15) is 23.1 Å². The summed E-state index contributed by atoms with van der Waals surface area (Å²) in [7, 11) is 1.52. The molecule has 10 nitrogen and oxygen atoms in total. The minimum Gasteiger partial charge on any atom is -0.497 e. The molecule has 1 amide bonds. The Morgan fingerprint density at radius 2 is 1.77 bits per heavy atom. The maximum atomic E-state index is 14.3. The van der Waals surface area contributed by atoms with Gasteiger partial charge in [-0.2, -0.15) is 18.3 Å². The lowest BCUT2D eigenvalue weighted by atomic mass is 9.95. The lowest BCUT2D eigenvalue weighted by Crippen LogP contribution is -2.52. The van der Waals surface area contributed by atoms with Crippen LogP contribution in [0.4, 0.5) is 24.7 Å². The average Bonchev–Trinajstić information content (AvgIpc) is 3.69. The van der Waals surface area contributed by atoms with Crippen molar-refractivity contribution in [3.63, 3.8) is 0 Å². The zero-order valence-electron chi connectivity index (χ0n) is 23.9. The maximum Gasteiger partial charge on any atom is 0.433 e. The second kappa shape index (κ2) is 10.9. The zero-order valence-corrected chi connectivity index (χ0v) is 23.9. The van der Waals surface area contributed by atoms with Crippen molar-refractivity contribution in [3.8, 4) is 5.75 Å². The second-order valence-electron chi connectivity index (χ2n) is 11.2. The van der Waals surface area contributed by atoms with Crippen molar-refractivity contribution < 1.29 is 27.8 Å². The fourth-order valence-electron chi connectivity index (χ4n) is 6.30. The number of alkyl halides is 3. The van der Waals surface area contributed by atoms with E-state index in [-0.39, 0.29) is 28.4 Å². The molecule has 6 rings (SSSR count). The SMILES string of the molecule is COc1ccc(C2Nc3c(C(=O)N4CCN(C5(c6ccc(NC(N)O)cc6)CC5)CC4)cnn3C(C(F)(F)F)=C2C)cc1. The topological polar surface area (TPSA) is 121 Å². The van der Waals surface area contributed by atoms with Gasteiger partial charge in [0.2, 0.25) is 0 Å². The highest BCUT2D eigenvalue weighted by Crippen LogP contribution is 2.51. The number of halogens is 3. The van der Waals surface area contributed by atoms with Crippen LogP contribution in [0.25, 0.3) is 5.70 Å². The molecule has 2 atom stereocenters. The van der Waals surface area contributed by atoms with Gasteiger partial charge in [-0.05, 0) is 60.7 Å². The molecule has 0 radical (unpaired) electrons. The summed E-state index contributed by atoms with van der Waals surface area (Å²) in [5, 5.41) is 19.3. The van der Waals surface area contributed by atoms with E-state index >= 15 is 0 Å². The first-order chi connectivity index (χ1) is 20.5. The average molecular weight is 598 g/mol. The van der Waals surface area contributed by atoms with Gasteiger partial charge in [0.25, 0.3) is 5.91 Å². The van der Waals surface area contributed by atoms with Gasteiger partial charge in [0.05, 0.1) is 19.3 Å². The molecule has 3 aromatic rings. The van der Waals surface area contributed by atoms with E-state index < -0.39 is 24.3 Å². The van der Waals surface area contributed by atoms with Crippen LogP contribution in [0.1, 0.15) is 47.3 Å². The smallest absolute Gasteiger partial charge is 0.433 e. The third kappa shape index (κ3) is 5.32. The number of fused-ring (bicyclic) bond motifs is 1. The fraction of sp³-hybridized carbons (Fsp3) is 0.400. The summed E-state index contributed by atoms with van der Waals surface area (Å²) in [5.74, 6) is 0.260. The maximum absolute atomic E-state index is 14.3. The minimum atomic E-state index is -4.68. The number of piperazine rings is 1. The molecular weight excluding hydrogens is 563 g/mol. The van der Waals surface area contributed by atoms with Gasteiger partial charge < -0.3 is 25.4 Å². The number of aliphatic hydroxyl groups excluding tert-OH is 1. The molecule has 3 aliphatic rings. The molecule has 13 heteroatoms. The van der Waals surface area contributed by atoms with E-state index in [0.717, 1.165) is 28.8 Å². The minimum absolute atomic E-state index is 0.0288. The second-order valence-corrected chi connectivity index (χ2v) is 11.2. The number of amides is 1. The Labute approximate surface area is 246 Å². The summed E-state index contributed by atoms with van der Waals surface area (Å²) in [6, 6.07) is 13.8. The summed E-state index contributed by atoms with van der Waals surface area (Å²) in [6.07, 6.45) is -2.61. The van der Waals surface area contributed by atoms with Crippen LogP contribution >= 0.6 is 0 Å². The molecule has 43 heavy (non-hydrogen) atoms. The van der Waals surface area contributed by atoms with Crippen molar-refractivity contribution in [2.75, 3.05) is 43.9 Å². The van der Waals surface area contributed by atoms with Crippen molar-refractivity contribution in [2.24, 2.45) is 5.73 Å². The molecular formula is C30H34F3N7O3. The number of hydrogen-bond acceptors (Lipinski definition) is 8. The molecule has 228 valence electrons. The van der Waals surface area contributed by atoms with Gasteiger partial charge in [-0.1, -0.05) is 24.3 Å². The Bertz CT molecular complexity index is 1520. The highest BCUT2D eigenvalue weighted by molar-refractivity contribution is 6.00. The number of carbonyl (C=O) groups is 1. The number of nitrogens with two attached hydrogens (primary N) is 1. The summed E-state index contributed by atoms with van der Waals surface area (Å²) in [5.41, 5.74) is 7.04. The van der Waals surface area contributed by atoms with Crippen LogP contribution in [0, 0.1) is 0 Å². The lowest BCUT2D eigenvalue weighted by Gasteiger charge is -2.40. The summed E-state index contributed by atoms with van der Waals surface area (Å²) in [4.78, 5) is 17.8. The number of benzene rings is 2. The van der Waals surface area contributed by atoms with Gasteiger partial charge in [-0.15, -0.1) is 0 Å². The number of allylic oxidation sites excluding steroid dienone is 1.